The second-order valence-electron chi connectivity index (χ2n) is 3.85. The summed E-state index contributed by atoms with van der Waals surface area (Å²) in [6, 6.07) is 7.05. The van der Waals surface area contributed by atoms with E-state index in [0.29, 0.717) is 0 Å². The first-order valence-corrected chi connectivity index (χ1v) is 7.08. The minimum Gasteiger partial charge on any atom is -0.508 e. The number of hydrogen-bond donors (Lipinski definition) is 2. The standard InChI is InChI=1S/C12H9BrN2O4S/c13-11-4-2-8(20-11)6-14-12(17)9-5-7(16)1-3-10(9)15(18)19/h1-5,16H,6H2,(H,14,17). The Labute approximate surface area is 126 Å². The molecule has 0 saturated heterocycles. The van der Waals surface area contributed by atoms with Gasteiger partial charge in [-0.2, -0.15) is 0 Å². The summed E-state index contributed by atoms with van der Waals surface area (Å²) in [5.74, 6) is -0.795. The third-order valence-electron chi connectivity index (χ3n) is 2.47. The lowest BCUT2D eigenvalue weighted by Gasteiger charge is -2.05. The Morgan fingerprint density at radius 3 is 2.75 bits per heavy atom. The molecule has 0 fully saturated rings. The van der Waals surface area contributed by atoms with Crippen LogP contribution in [0.1, 0.15) is 15.2 Å². The predicted molar refractivity (Wildman–Crippen MR) is 78.0 cm³/mol. The highest BCUT2D eigenvalue weighted by Crippen LogP contribution is 2.24. The fourth-order valence-corrected chi connectivity index (χ4v) is 3.00. The van der Waals surface area contributed by atoms with Crippen molar-refractivity contribution in [1.29, 1.82) is 0 Å². The molecule has 0 aliphatic rings. The fraction of sp³-hybridized carbons (Fsp3) is 0.0833. The zero-order valence-electron chi connectivity index (χ0n) is 10.00. The topological polar surface area (TPSA) is 92.5 Å². The summed E-state index contributed by atoms with van der Waals surface area (Å²) < 4.78 is 0.935. The highest BCUT2D eigenvalue weighted by molar-refractivity contribution is 9.11. The van der Waals surface area contributed by atoms with E-state index in [9.17, 15) is 20.0 Å². The molecule has 0 radical (unpaired) electrons. The first-order valence-electron chi connectivity index (χ1n) is 5.47. The number of benzene rings is 1. The molecule has 2 N–H and O–H groups in total. The number of hydrogen-bond acceptors (Lipinski definition) is 5. The Morgan fingerprint density at radius 2 is 2.15 bits per heavy atom. The Morgan fingerprint density at radius 1 is 1.40 bits per heavy atom. The van der Waals surface area contributed by atoms with Gasteiger partial charge in [0.1, 0.15) is 11.3 Å². The smallest absolute Gasteiger partial charge is 0.282 e. The normalized spacial score (nSPS) is 10.2. The molecule has 1 aromatic carbocycles. The molecule has 2 rings (SSSR count). The van der Waals surface area contributed by atoms with Crippen LogP contribution in [0, 0.1) is 10.1 Å². The Kier molecular flexibility index (Phi) is 4.35. The highest BCUT2D eigenvalue weighted by Gasteiger charge is 2.20. The van der Waals surface area contributed by atoms with Crippen LogP contribution >= 0.6 is 27.3 Å². The van der Waals surface area contributed by atoms with Gasteiger partial charge in [0.05, 0.1) is 15.3 Å². The number of halogens is 1. The third-order valence-corrected chi connectivity index (χ3v) is 4.10. The number of nitrogens with zero attached hydrogens (tertiary/aromatic N) is 1. The number of phenols is 1. The van der Waals surface area contributed by atoms with Crippen molar-refractivity contribution in [3.05, 3.63) is 54.7 Å². The van der Waals surface area contributed by atoms with E-state index in [2.05, 4.69) is 21.2 Å². The molecule has 1 aromatic heterocycles. The van der Waals surface area contributed by atoms with Crippen LogP contribution in [0.25, 0.3) is 0 Å². The van der Waals surface area contributed by atoms with Crippen molar-refractivity contribution < 1.29 is 14.8 Å². The number of aromatic hydroxyl groups is 1. The Hall–Kier alpha value is -1.93. The maximum Gasteiger partial charge on any atom is 0.282 e. The average molecular weight is 357 g/mol. The van der Waals surface area contributed by atoms with Gasteiger partial charge in [-0.3, -0.25) is 14.9 Å². The van der Waals surface area contributed by atoms with Gasteiger partial charge < -0.3 is 10.4 Å². The van der Waals surface area contributed by atoms with Crippen LogP contribution in [0.3, 0.4) is 0 Å². The van der Waals surface area contributed by atoms with Crippen molar-refractivity contribution in [2.24, 2.45) is 0 Å². The van der Waals surface area contributed by atoms with Crippen molar-refractivity contribution in [2.75, 3.05) is 0 Å². The van der Waals surface area contributed by atoms with Crippen LogP contribution in [0.4, 0.5) is 5.69 Å². The quantitative estimate of drug-likeness (QED) is 0.650. The number of carbonyl (C=O) groups is 1. The van der Waals surface area contributed by atoms with Gasteiger partial charge in [-0.25, -0.2) is 0 Å². The molecule has 0 saturated carbocycles. The number of phenolic OH excluding ortho intramolecular Hbond substituents is 1. The van der Waals surface area contributed by atoms with E-state index in [-0.39, 0.29) is 23.5 Å². The van der Waals surface area contributed by atoms with E-state index >= 15 is 0 Å². The molecule has 0 aliphatic carbocycles. The second kappa shape index (κ2) is 6.02. The third kappa shape index (κ3) is 3.34. The summed E-state index contributed by atoms with van der Waals surface area (Å²) in [4.78, 5) is 23.1. The molecular formula is C12H9BrN2O4S. The van der Waals surface area contributed by atoms with Gasteiger partial charge in [-0.1, -0.05) is 0 Å². The number of carbonyl (C=O) groups excluding carboxylic acids is 1. The molecule has 0 atom stereocenters. The molecule has 6 nitrogen and oxygen atoms in total. The van der Waals surface area contributed by atoms with E-state index in [4.69, 9.17) is 0 Å². The number of thiophene rings is 1. The SMILES string of the molecule is O=C(NCc1ccc(Br)s1)c1cc(O)ccc1[N+](=O)[O-]. The number of rotatable bonds is 4. The van der Waals surface area contributed by atoms with E-state index in [1.807, 2.05) is 12.1 Å². The van der Waals surface area contributed by atoms with Gasteiger partial charge in [-0.15, -0.1) is 11.3 Å². The van der Waals surface area contributed by atoms with Gasteiger partial charge in [-0.05, 0) is 40.2 Å². The fourth-order valence-electron chi connectivity index (χ4n) is 1.57. The summed E-state index contributed by atoms with van der Waals surface area (Å²) in [5.41, 5.74) is -0.502. The predicted octanol–water partition coefficient (Wildman–Crippen LogP) is 3.05. The minimum absolute atomic E-state index is 0.161. The van der Waals surface area contributed by atoms with Crippen molar-refractivity contribution in [3.63, 3.8) is 0 Å². The molecule has 0 spiro atoms. The summed E-state index contributed by atoms with van der Waals surface area (Å²) >= 11 is 4.76. The average Bonchev–Trinajstić information content (AvgIpc) is 2.81. The van der Waals surface area contributed by atoms with Gasteiger partial charge in [0.2, 0.25) is 0 Å². The van der Waals surface area contributed by atoms with Crippen LogP contribution in [-0.2, 0) is 6.54 Å². The summed E-state index contributed by atoms with van der Waals surface area (Å²) in [6.07, 6.45) is 0. The number of amides is 1. The number of nitrogens with one attached hydrogen (secondary N) is 1. The summed E-state index contributed by atoms with van der Waals surface area (Å²) in [7, 11) is 0. The maximum absolute atomic E-state index is 12.0. The van der Waals surface area contributed by atoms with Crippen LogP contribution < -0.4 is 5.32 Å². The van der Waals surface area contributed by atoms with Crippen molar-refractivity contribution in [3.8, 4) is 5.75 Å². The van der Waals surface area contributed by atoms with Gasteiger partial charge in [0, 0.05) is 10.9 Å². The molecule has 1 amide bonds. The summed E-state index contributed by atoms with van der Waals surface area (Å²) in [6.45, 7) is 0.266. The van der Waals surface area contributed by atoms with Gasteiger partial charge >= 0.3 is 0 Å². The van der Waals surface area contributed by atoms with E-state index in [1.54, 1.807) is 0 Å². The van der Waals surface area contributed by atoms with Crippen LogP contribution in [0.2, 0.25) is 0 Å². The lowest BCUT2D eigenvalue weighted by atomic mass is 10.1. The molecule has 8 heteroatoms. The molecule has 104 valence electrons. The Balaban J connectivity index is 2.16. The first-order chi connectivity index (χ1) is 9.47. The lowest BCUT2D eigenvalue weighted by molar-refractivity contribution is -0.385. The molecule has 1 heterocycles. The Bertz CT molecular complexity index is 671. The first kappa shape index (κ1) is 14.5. The molecule has 20 heavy (non-hydrogen) atoms. The monoisotopic (exact) mass is 356 g/mol. The second-order valence-corrected chi connectivity index (χ2v) is 6.39. The van der Waals surface area contributed by atoms with Crippen molar-refractivity contribution >= 4 is 38.9 Å². The maximum atomic E-state index is 12.0. The van der Waals surface area contributed by atoms with Gasteiger partial charge in [0.25, 0.3) is 11.6 Å². The molecule has 0 unspecified atom stereocenters. The largest absolute Gasteiger partial charge is 0.508 e. The van der Waals surface area contributed by atoms with Crippen molar-refractivity contribution in [2.45, 2.75) is 6.54 Å². The van der Waals surface area contributed by atoms with E-state index in [0.717, 1.165) is 20.8 Å². The molecule has 0 aliphatic heterocycles. The van der Waals surface area contributed by atoms with Crippen LogP contribution in [0.5, 0.6) is 5.75 Å². The molecule has 0 bridgehead atoms. The molecule has 2 aromatic rings. The van der Waals surface area contributed by atoms with E-state index in [1.165, 1.54) is 17.4 Å². The highest BCUT2D eigenvalue weighted by atomic mass is 79.9. The van der Waals surface area contributed by atoms with Crippen LogP contribution in [-0.4, -0.2) is 15.9 Å². The molecular weight excluding hydrogens is 348 g/mol. The van der Waals surface area contributed by atoms with Crippen LogP contribution in [0.15, 0.2) is 34.1 Å². The lowest BCUT2D eigenvalue weighted by Crippen LogP contribution is -2.23. The van der Waals surface area contributed by atoms with E-state index < -0.39 is 10.8 Å². The number of nitro benzene ring substituents is 1. The van der Waals surface area contributed by atoms with Crippen molar-refractivity contribution in [1.82, 2.24) is 5.32 Å². The van der Waals surface area contributed by atoms with Gasteiger partial charge in [0.15, 0.2) is 0 Å². The zero-order valence-corrected chi connectivity index (χ0v) is 12.4. The number of nitro groups is 1. The minimum atomic E-state index is -0.657. The zero-order chi connectivity index (χ0) is 14.7. The summed E-state index contributed by atoms with van der Waals surface area (Å²) in [5, 5.41) is 22.8.